The minimum Gasteiger partial charge on any atom is -0.473 e. The molecule has 2 rings (SSSR count). The first-order valence-electron chi connectivity index (χ1n) is 6.97. The molecule has 0 unspecified atom stereocenters. The van der Waals surface area contributed by atoms with Crippen molar-refractivity contribution in [3.8, 4) is 5.75 Å². The zero-order chi connectivity index (χ0) is 16.1. The van der Waals surface area contributed by atoms with Crippen LogP contribution in [-0.4, -0.2) is 12.8 Å². The van der Waals surface area contributed by atoms with E-state index < -0.39 is 0 Å². The van der Waals surface area contributed by atoms with Gasteiger partial charge in [-0.1, -0.05) is 35.4 Å². The van der Waals surface area contributed by atoms with Crippen LogP contribution in [0.4, 0.5) is 10.5 Å². The molecule has 2 aromatic carbocycles. The van der Waals surface area contributed by atoms with Crippen molar-refractivity contribution in [3.05, 3.63) is 58.1 Å². The van der Waals surface area contributed by atoms with Crippen LogP contribution in [0.3, 0.4) is 0 Å². The van der Waals surface area contributed by atoms with Gasteiger partial charge in [0.05, 0.1) is 0 Å². The third-order valence-electron chi connectivity index (χ3n) is 3.31. The summed E-state index contributed by atoms with van der Waals surface area (Å²) >= 11 is 6.02. The Morgan fingerprint density at radius 3 is 2.68 bits per heavy atom. The van der Waals surface area contributed by atoms with Gasteiger partial charge in [-0.15, -0.1) is 0 Å². The summed E-state index contributed by atoms with van der Waals surface area (Å²) in [6, 6.07) is 10.9. The molecule has 4 nitrogen and oxygen atoms in total. The molecule has 2 N–H and O–H groups in total. The van der Waals surface area contributed by atoms with Gasteiger partial charge in [-0.25, -0.2) is 4.79 Å². The van der Waals surface area contributed by atoms with Gasteiger partial charge in [0.15, 0.2) is 6.73 Å². The fraction of sp³-hybridized carbons (Fsp3) is 0.235. The Morgan fingerprint density at radius 2 is 1.95 bits per heavy atom. The average Bonchev–Trinajstić information content (AvgIpc) is 2.46. The highest BCUT2D eigenvalue weighted by Crippen LogP contribution is 2.22. The molecule has 0 bridgehead atoms. The van der Waals surface area contributed by atoms with Crippen LogP contribution in [0.2, 0.25) is 5.02 Å². The molecule has 2 amide bonds. The van der Waals surface area contributed by atoms with Gasteiger partial charge < -0.3 is 15.4 Å². The van der Waals surface area contributed by atoms with Crippen LogP contribution in [0.5, 0.6) is 5.75 Å². The number of benzene rings is 2. The van der Waals surface area contributed by atoms with Crippen molar-refractivity contribution in [1.29, 1.82) is 0 Å². The molecule has 22 heavy (non-hydrogen) atoms. The predicted molar refractivity (Wildman–Crippen MR) is 89.8 cm³/mol. The highest BCUT2D eigenvalue weighted by molar-refractivity contribution is 6.31. The predicted octanol–water partition coefficient (Wildman–Crippen LogP) is 4.42. The number of anilines is 1. The van der Waals surface area contributed by atoms with Crippen LogP contribution in [0.25, 0.3) is 0 Å². The van der Waals surface area contributed by atoms with Crippen molar-refractivity contribution >= 4 is 23.3 Å². The summed E-state index contributed by atoms with van der Waals surface area (Å²) in [4.78, 5) is 11.9. The van der Waals surface area contributed by atoms with Crippen LogP contribution in [0, 0.1) is 20.8 Å². The maximum Gasteiger partial charge on any atom is 0.321 e. The lowest BCUT2D eigenvalue weighted by atomic mass is 10.1. The van der Waals surface area contributed by atoms with Gasteiger partial charge in [0.1, 0.15) is 5.75 Å². The first-order chi connectivity index (χ1) is 10.5. The van der Waals surface area contributed by atoms with Gasteiger partial charge in [-0.2, -0.15) is 0 Å². The topological polar surface area (TPSA) is 50.4 Å². The van der Waals surface area contributed by atoms with Crippen LogP contribution in [0.15, 0.2) is 36.4 Å². The van der Waals surface area contributed by atoms with Crippen LogP contribution < -0.4 is 15.4 Å². The summed E-state index contributed by atoms with van der Waals surface area (Å²) in [5.41, 5.74) is 3.71. The molecule has 0 aliphatic rings. The highest BCUT2D eigenvalue weighted by atomic mass is 35.5. The molecule has 0 fully saturated rings. The van der Waals surface area contributed by atoms with Gasteiger partial charge in [0.2, 0.25) is 0 Å². The summed E-state index contributed by atoms with van der Waals surface area (Å²) in [5, 5.41) is 6.01. The molecule has 116 valence electrons. The lowest BCUT2D eigenvalue weighted by Gasteiger charge is -2.13. The Kier molecular flexibility index (Phi) is 5.28. The number of hydrogen-bond acceptors (Lipinski definition) is 2. The molecular formula is C17H19ClN2O2. The summed E-state index contributed by atoms with van der Waals surface area (Å²) < 4.78 is 5.56. The summed E-state index contributed by atoms with van der Waals surface area (Å²) in [6.07, 6.45) is 0. The number of aryl methyl sites for hydroxylation is 2. The Balaban J connectivity index is 1.87. The van der Waals surface area contributed by atoms with Gasteiger partial charge in [-0.05, 0) is 50.1 Å². The number of rotatable bonds is 4. The van der Waals surface area contributed by atoms with E-state index in [2.05, 4.69) is 10.6 Å². The first-order valence-corrected chi connectivity index (χ1v) is 7.35. The van der Waals surface area contributed by atoms with E-state index in [9.17, 15) is 4.79 Å². The number of amides is 2. The average molecular weight is 319 g/mol. The van der Waals surface area contributed by atoms with E-state index in [1.54, 1.807) is 18.2 Å². The molecule has 0 aromatic heterocycles. The Morgan fingerprint density at radius 1 is 1.18 bits per heavy atom. The van der Waals surface area contributed by atoms with E-state index in [1.165, 1.54) is 5.56 Å². The van der Waals surface area contributed by atoms with Crippen molar-refractivity contribution in [1.82, 2.24) is 5.32 Å². The maximum atomic E-state index is 11.9. The molecule has 0 saturated carbocycles. The van der Waals surface area contributed by atoms with Crippen molar-refractivity contribution in [2.75, 3.05) is 12.0 Å². The van der Waals surface area contributed by atoms with E-state index in [4.69, 9.17) is 16.3 Å². The molecule has 0 spiro atoms. The van der Waals surface area contributed by atoms with E-state index in [0.717, 1.165) is 16.9 Å². The number of nitrogens with one attached hydrogen (secondary N) is 2. The van der Waals surface area contributed by atoms with Gasteiger partial charge in [-0.3, -0.25) is 0 Å². The largest absolute Gasteiger partial charge is 0.473 e. The summed E-state index contributed by atoms with van der Waals surface area (Å²) in [7, 11) is 0. The van der Waals surface area contributed by atoms with Gasteiger partial charge in [0, 0.05) is 10.7 Å². The Labute approximate surface area is 135 Å². The number of carbonyl (C=O) groups is 1. The van der Waals surface area contributed by atoms with Crippen molar-refractivity contribution in [2.45, 2.75) is 20.8 Å². The third kappa shape index (κ3) is 4.15. The normalized spacial score (nSPS) is 10.2. The molecule has 0 heterocycles. The quantitative estimate of drug-likeness (QED) is 0.820. The van der Waals surface area contributed by atoms with E-state index in [-0.39, 0.29) is 12.8 Å². The Bertz CT molecular complexity index is 686. The second-order valence-corrected chi connectivity index (χ2v) is 5.51. The number of halogens is 1. The summed E-state index contributed by atoms with van der Waals surface area (Å²) in [5.74, 6) is 0.754. The SMILES string of the molecule is Cc1ccc(OCNC(=O)Nc2cccc(Cl)c2C)c(C)c1. The molecule has 0 atom stereocenters. The second-order valence-electron chi connectivity index (χ2n) is 5.10. The molecule has 5 heteroatoms. The molecule has 0 radical (unpaired) electrons. The number of hydrogen-bond donors (Lipinski definition) is 2. The molecule has 0 aliphatic carbocycles. The molecule has 0 saturated heterocycles. The fourth-order valence-corrected chi connectivity index (χ4v) is 2.22. The Hall–Kier alpha value is -2.20. The van der Waals surface area contributed by atoms with Crippen molar-refractivity contribution in [3.63, 3.8) is 0 Å². The van der Waals surface area contributed by atoms with Crippen LogP contribution >= 0.6 is 11.6 Å². The highest BCUT2D eigenvalue weighted by Gasteiger charge is 2.06. The maximum absolute atomic E-state index is 11.9. The van der Waals surface area contributed by atoms with Crippen LogP contribution in [-0.2, 0) is 0 Å². The van der Waals surface area contributed by atoms with Crippen molar-refractivity contribution < 1.29 is 9.53 Å². The minimum absolute atomic E-state index is 0.0926. The number of urea groups is 1. The minimum atomic E-state index is -0.338. The lowest BCUT2D eigenvalue weighted by molar-refractivity contribution is 0.234. The smallest absolute Gasteiger partial charge is 0.321 e. The molecule has 2 aromatic rings. The second kappa shape index (κ2) is 7.18. The third-order valence-corrected chi connectivity index (χ3v) is 3.72. The lowest BCUT2D eigenvalue weighted by Crippen LogP contribution is -2.32. The zero-order valence-corrected chi connectivity index (χ0v) is 13.6. The van der Waals surface area contributed by atoms with E-state index >= 15 is 0 Å². The van der Waals surface area contributed by atoms with Gasteiger partial charge in [0.25, 0.3) is 0 Å². The number of ether oxygens (including phenoxy) is 1. The molecular weight excluding hydrogens is 300 g/mol. The molecule has 0 aliphatic heterocycles. The van der Waals surface area contributed by atoms with Gasteiger partial charge >= 0.3 is 6.03 Å². The summed E-state index contributed by atoms with van der Waals surface area (Å²) in [6.45, 7) is 5.94. The van der Waals surface area contributed by atoms with E-state index in [1.807, 2.05) is 39.0 Å². The van der Waals surface area contributed by atoms with E-state index in [0.29, 0.717) is 10.7 Å². The standard InChI is InChI=1S/C17H19ClN2O2/c1-11-7-8-16(12(2)9-11)22-10-19-17(21)20-15-6-4-5-14(18)13(15)3/h4-9H,10H2,1-3H3,(H2,19,20,21). The zero-order valence-electron chi connectivity index (χ0n) is 12.9. The van der Waals surface area contributed by atoms with Crippen LogP contribution in [0.1, 0.15) is 16.7 Å². The fourth-order valence-electron chi connectivity index (χ4n) is 2.05. The first kappa shape index (κ1) is 16.2. The number of carbonyl (C=O) groups excluding carboxylic acids is 1. The monoisotopic (exact) mass is 318 g/mol. The van der Waals surface area contributed by atoms with Crippen molar-refractivity contribution in [2.24, 2.45) is 0 Å².